The number of benzene rings is 2. The molecule has 9 heteroatoms. The van der Waals surface area contributed by atoms with Crippen LogP contribution < -0.4 is 15.5 Å². The van der Waals surface area contributed by atoms with Crippen LogP contribution in [0.3, 0.4) is 0 Å². The Kier molecular flexibility index (Phi) is 5.49. The Balaban J connectivity index is 1.54. The fourth-order valence-electron chi connectivity index (χ4n) is 3.89. The molecule has 2 aliphatic rings. The average Bonchev–Trinajstić information content (AvgIpc) is 2.86. The number of carbonyl (C=O) groups excluding carboxylic acids is 2. The molecule has 0 bridgehead atoms. The van der Waals surface area contributed by atoms with E-state index in [0.717, 1.165) is 5.69 Å². The monoisotopic (exact) mass is 442 g/mol. The molecule has 31 heavy (non-hydrogen) atoms. The topological polar surface area (TPSA) is 98.8 Å². The highest BCUT2D eigenvalue weighted by Gasteiger charge is 2.31. The van der Waals surface area contributed by atoms with Crippen molar-refractivity contribution in [3.63, 3.8) is 0 Å². The summed E-state index contributed by atoms with van der Waals surface area (Å²) in [5.74, 6) is -1.74. The molecule has 164 valence electrons. The van der Waals surface area contributed by atoms with E-state index in [1.165, 1.54) is 40.6 Å². The predicted molar refractivity (Wildman–Crippen MR) is 120 cm³/mol. The van der Waals surface area contributed by atoms with Gasteiger partial charge in [0.15, 0.2) is 0 Å². The van der Waals surface area contributed by atoms with Crippen LogP contribution in [0.25, 0.3) is 0 Å². The van der Waals surface area contributed by atoms with Gasteiger partial charge in [0.2, 0.25) is 21.8 Å². The summed E-state index contributed by atoms with van der Waals surface area (Å²) in [6, 6.07) is 10.6. The number of rotatable bonds is 3. The van der Waals surface area contributed by atoms with Crippen LogP contribution in [0.5, 0.6) is 0 Å². The molecule has 8 nitrogen and oxygen atoms in total. The SMILES string of the molecule is Cc1cccc(N2CCN(S(=O)(=O)c3ccc4c(c3)NC(=O)[C@H](C)C(=O)N4)CC2)c1C. The van der Waals surface area contributed by atoms with Gasteiger partial charge in [-0.15, -0.1) is 0 Å². The molecular weight excluding hydrogens is 416 g/mol. The number of carbonyl (C=O) groups is 2. The Morgan fingerprint density at radius 2 is 1.55 bits per heavy atom. The van der Waals surface area contributed by atoms with Crippen molar-refractivity contribution >= 4 is 38.9 Å². The number of fused-ring (bicyclic) bond motifs is 1. The number of piperazine rings is 1. The van der Waals surface area contributed by atoms with Crippen molar-refractivity contribution in [3.05, 3.63) is 47.5 Å². The van der Waals surface area contributed by atoms with E-state index in [2.05, 4.69) is 41.5 Å². The third-order valence-electron chi connectivity index (χ3n) is 6.09. The minimum absolute atomic E-state index is 0.0931. The van der Waals surface area contributed by atoms with Crippen LogP contribution in [-0.4, -0.2) is 50.7 Å². The summed E-state index contributed by atoms with van der Waals surface area (Å²) >= 11 is 0. The average molecular weight is 443 g/mol. The summed E-state index contributed by atoms with van der Waals surface area (Å²) in [5.41, 5.74) is 4.23. The third kappa shape index (κ3) is 3.90. The van der Waals surface area contributed by atoms with Gasteiger partial charge in [-0.1, -0.05) is 12.1 Å². The molecule has 2 heterocycles. The van der Waals surface area contributed by atoms with Crippen molar-refractivity contribution in [2.75, 3.05) is 41.7 Å². The minimum atomic E-state index is -3.73. The fraction of sp³-hybridized carbons (Fsp3) is 0.364. The van der Waals surface area contributed by atoms with Gasteiger partial charge in [-0.3, -0.25) is 9.59 Å². The van der Waals surface area contributed by atoms with E-state index in [1.807, 2.05) is 6.07 Å². The Bertz CT molecular complexity index is 1150. The molecule has 0 unspecified atom stereocenters. The van der Waals surface area contributed by atoms with E-state index in [-0.39, 0.29) is 10.6 Å². The first-order valence-corrected chi connectivity index (χ1v) is 11.7. The second kappa shape index (κ2) is 7.97. The van der Waals surface area contributed by atoms with Crippen LogP contribution in [0.15, 0.2) is 41.3 Å². The summed E-state index contributed by atoms with van der Waals surface area (Å²) in [6.45, 7) is 7.58. The summed E-state index contributed by atoms with van der Waals surface area (Å²) < 4.78 is 27.9. The molecule has 0 aliphatic carbocycles. The first kappa shape index (κ1) is 21.3. The highest BCUT2D eigenvalue weighted by molar-refractivity contribution is 7.89. The molecule has 0 aromatic heterocycles. The van der Waals surface area contributed by atoms with E-state index >= 15 is 0 Å². The van der Waals surface area contributed by atoms with Gasteiger partial charge in [0.1, 0.15) is 5.92 Å². The van der Waals surface area contributed by atoms with E-state index < -0.39 is 27.8 Å². The van der Waals surface area contributed by atoms with Crippen LogP contribution in [0.4, 0.5) is 17.1 Å². The Hall–Kier alpha value is -2.91. The number of hydrogen-bond donors (Lipinski definition) is 2. The lowest BCUT2D eigenvalue weighted by Crippen LogP contribution is -2.48. The molecule has 0 radical (unpaired) electrons. The van der Waals surface area contributed by atoms with Gasteiger partial charge in [0.05, 0.1) is 16.3 Å². The highest BCUT2D eigenvalue weighted by Crippen LogP contribution is 2.31. The molecule has 2 N–H and O–H groups in total. The maximum absolute atomic E-state index is 13.2. The summed E-state index contributed by atoms with van der Waals surface area (Å²) in [4.78, 5) is 26.4. The van der Waals surface area contributed by atoms with E-state index in [9.17, 15) is 18.0 Å². The van der Waals surface area contributed by atoms with Gasteiger partial charge < -0.3 is 15.5 Å². The number of aryl methyl sites for hydroxylation is 1. The maximum Gasteiger partial charge on any atom is 0.243 e. The molecule has 2 amide bonds. The minimum Gasteiger partial charge on any atom is -0.369 e. The molecule has 1 saturated heterocycles. The van der Waals surface area contributed by atoms with Crippen molar-refractivity contribution in [1.29, 1.82) is 0 Å². The molecule has 2 aliphatic heterocycles. The van der Waals surface area contributed by atoms with Crippen molar-refractivity contribution in [2.45, 2.75) is 25.7 Å². The first-order valence-electron chi connectivity index (χ1n) is 10.3. The maximum atomic E-state index is 13.2. The van der Waals surface area contributed by atoms with Crippen molar-refractivity contribution in [1.82, 2.24) is 4.31 Å². The van der Waals surface area contributed by atoms with Crippen molar-refractivity contribution in [2.24, 2.45) is 5.92 Å². The summed E-state index contributed by atoms with van der Waals surface area (Å²) in [6.07, 6.45) is 0. The molecule has 0 spiro atoms. The number of hydrogen-bond acceptors (Lipinski definition) is 5. The number of anilines is 3. The zero-order valence-corrected chi connectivity index (χ0v) is 18.6. The van der Waals surface area contributed by atoms with Crippen LogP contribution in [0, 0.1) is 19.8 Å². The van der Waals surface area contributed by atoms with Crippen molar-refractivity contribution < 1.29 is 18.0 Å². The van der Waals surface area contributed by atoms with E-state index in [0.29, 0.717) is 31.9 Å². The van der Waals surface area contributed by atoms with Crippen molar-refractivity contribution in [3.8, 4) is 0 Å². The van der Waals surface area contributed by atoms with E-state index in [1.54, 1.807) is 0 Å². The quantitative estimate of drug-likeness (QED) is 0.711. The Morgan fingerprint density at radius 1 is 0.903 bits per heavy atom. The Morgan fingerprint density at radius 3 is 2.23 bits per heavy atom. The highest BCUT2D eigenvalue weighted by atomic mass is 32.2. The van der Waals surface area contributed by atoms with Gasteiger partial charge in [-0.25, -0.2) is 8.42 Å². The number of nitrogens with zero attached hydrogens (tertiary/aromatic N) is 2. The second-order valence-corrected chi connectivity index (χ2v) is 9.96. The standard InChI is InChI=1S/C22H26N4O4S/c1-14-5-4-6-20(15(14)2)25-9-11-26(12-10-25)31(29,30)17-7-8-18-19(13-17)24-22(28)16(3)21(27)23-18/h4-8,13,16H,9-12H2,1-3H3,(H,23,27)(H,24,28)/t16-/m1/s1. The summed E-state index contributed by atoms with van der Waals surface area (Å²) in [5, 5.41) is 5.30. The molecule has 2 aromatic rings. The normalized spacial score (nSPS) is 20.0. The summed E-state index contributed by atoms with van der Waals surface area (Å²) in [7, 11) is -3.73. The molecule has 2 aromatic carbocycles. The van der Waals surface area contributed by atoms with Crippen LogP contribution in [0.1, 0.15) is 18.1 Å². The largest absolute Gasteiger partial charge is 0.369 e. The molecule has 1 fully saturated rings. The van der Waals surface area contributed by atoms with Gasteiger partial charge in [-0.2, -0.15) is 4.31 Å². The molecule has 4 rings (SSSR count). The number of amides is 2. The molecule has 1 atom stereocenters. The zero-order chi connectivity index (χ0) is 22.3. The van der Waals surface area contributed by atoms with Crippen LogP contribution in [-0.2, 0) is 19.6 Å². The van der Waals surface area contributed by atoms with Gasteiger partial charge >= 0.3 is 0 Å². The smallest absolute Gasteiger partial charge is 0.243 e. The zero-order valence-electron chi connectivity index (χ0n) is 17.8. The van der Waals surface area contributed by atoms with Gasteiger partial charge in [0.25, 0.3) is 0 Å². The number of sulfonamides is 1. The second-order valence-electron chi connectivity index (χ2n) is 8.02. The molecule has 0 saturated carbocycles. The lowest BCUT2D eigenvalue weighted by Gasteiger charge is -2.36. The first-order chi connectivity index (χ1) is 14.7. The van der Waals surface area contributed by atoms with Crippen LogP contribution in [0.2, 0.25) is 0 Å². The van der Waals surface area contributed by atoms with Gasteiger partial charge in [0, 0.05) is 31.9 Å². The number of nitrogens with one attached hydrogen (secondary N) is 2. The predicted octanol–water partition coefficient (Wildman–Crippen LogP) is 2.34. The molecular formula is C22H26N4O4S. The third-order valence-corrected chi connectivity index (χ3v) is 7.98. The van der Waals surface area contributed by atoms with Crippen LogP contribution >= 0.6 is 0 Å². The van der Waals surface area contributed by atoms with E-state index in [4.69, 9.17) is 0 Å². The lowest BCUT2D eigenvalue weighted by atomic mass is 10.1. The van der Waals surface area contributed by atoms with Gasteiger partial charge in [-0.05, 0) is 56.2 Å². The Labute approximate surface area is 182 Å². The lowest BCUT2D eigenvalue weighted by molar-refractivity contribution is -0.128. The fourth-order valence-corrected chi connectivity index (χ4v) is 5.34.